The van der Waals surface area contributed by atoms with Crippen molar-refractivity contribution in [3.8, 4) is 11.8 Å². The summed E-state index contributed by atoms with van der Waals surface area (Å²) >= 11 is 3.13. The first-order valence-corrected chi connectivity index (χ1v) is 5.30. The van der Waals surface area contributed by atoms with E-state index in [0.29, 0.717) is 10.0 Å². The van der Waals surface area contributed by atoms with Crippen LogP contribution in [0.5, 0.6) is 5.75 Å². The highest BCUT2D eigenvalue weighted by molar-refractivity contribution is 9.10. The lowest BCUT2D eigenvalue weighted by molar-refractivity contribution is -0.274. The summed E-state index contributed by atoms with van der Waals surface area (Å²) in [6.07, 6.45) is -1.19. The summed E-state index contributed by atoms with van der Waals surface area (Å²) in [6, 6.07) is 5.83. The molecule has 0 bridgehead atoms. The largest absolute Gasteiger partial charge is 0.573 e. The molecule has 0 amide bonds. The molecule has 0 saturated carbocycles. The average molecular weight is 306 g/mol. The predicted molar refractivity (Wildman–Crippen MR) is 60.1 cm³/mol. The van der Waals surface area contributed by atoms with E-state index in [0.717, 1.165) is 0 Å². The molecule has 0 heterocycles. The Balaban J connectivity index is 2.84. The Bertz CT molecular complexity index is 463. The zero-order valence-corrected chi connectivity index (χ0v) is 10.0. The molecule has 0 radical (unpaired) electrons. The molecule has 17 heavy (non-hydrogen) atoms. The van der Waals surface area contributed by atoms with Crippen LogP contribution >= 0.6 is 15.9 Å². The Morgan fingerprint density at radius 1 is 1.41 bits per heavy atom. The topological polar surface area (TPSA) is 33.0 Å². The zero-order valence-electron chi connectivity index (χ0n) is 8.46. The minimum absolute atomic E-state index is 0.243. The van der Waals surface area contributed by atoms with Gasteiger partial charge in [0.15, 0.2) is 0 Å². The molecule has 0 spiro atoms. The van der Waals surface area contributed by atoms with E-state index in [2.05, 4.69) is 20.7 Å². The zero-order chi connectivity index (χ0) is 12.9. The molecule has 1 rings (SSSR count). The van der Waals surface area contributed by atoms with Crippen molar-refractivity contribution in [3.05, 3.63) is 34.3 Å². The third-order valence-corrected chi connectivity index (χ3v) is 2.40. The number of alkyl halides is 3. The standard InChI is InChI=1S/C11H7BrF3NO/c12-10-7-9(17-11(13,14)15)5-4-8(10)3-1-2-6-16/h1,3-5,7H,2H2. The summed E-state index contributed by atoms with van der Waals surface area (Å²) in [6.45, 7) is 0. The molecule has 0 aliphatic heterocycles. The number of benzene rings is 1. The molecule has 0 aliphatic carbocycles. The Kier molecular flexibility index (Phi) is 4.58. The van der Waals surface area contributed by atoms with Crippen molar-refractivity contribution in [1.29, 1.82) is 5.26 Å². The fraction of sp³-hybridized carbons (Fsp3) is 0.182. The quantitative estimate of drug-likeness (QED) is 0.835. The van der Waals surface area contributed by atoms with E-state index in [9.17, 15) is 13.2 Å². The van der Waals surface area contributed by atoms with Crippen LogP contribution in [0.25, 0.3) is 6.08 Å². The number of nitriles is 1. The highest BCUT2D eigenvalue weighted by Crippen LogP contribution is 2.28. The van der Waals surface area contributed by atoms with Crippen LogP contribution in [0.4, 0.5) is 13.2 Å². The lowest BCUT2D eigenvalue weighted by atomic mass is 10.2. The number of allylic oxidation sites excluding steroid dienone is 1. The van der Waals surface area contributed by atoms with E-state index in [1.807, 2.05) is 6.07 Å². The van der Waals surface area contributed by atoms with Crippen molar-refractivity contribution in [1.82, 2.24) is 0 Å². The second-order valence-electron chi connectivity index (χ2n) is 3.00. The van der Waals surface area contributed by atoms with Gasteiger partial charge in [-0.2, -0.15) is 5.26 Å². The fourth-order valence-corrected chi connectivity index (χ4v) is 1.57. The number of rotatable bonds is 3. The number of hydrogen-bond donors (Lipinski definition) is 0. The minimum atomic E-state index is -4.70. The van der Waals surface area contributed by atoms with E-state index in [1.54, 1.807) is 12.2 Å². The Hall–Kier alpha value is -1.48. The maximum atomic E-state index is 11.9. The van der Waals surface area contributed by atoms with Crippen LogP contribution in [0.15, 0.2) is 28.7 Å². The summed E-state index contributed by atoms with van der Waals surface area (Å²) in [7, 11) is 0. The monoisotopic (exact) mass is 305 g/mol. The third-order valence-electron chi connectivity index (χ3n) is 1.71. The van der Waals surface area contributed by atoms with E-state index < -0.39 is 6.36 Å². The SMILES string of the molecule is N#CCC=Cc1ccc(OC(F)(F)F)cc1Br. The summed E-state index contributed by atoms with van der Waals surface area (Å²) in [5.74, 6) is -0.290. The van der Waals surface area contributed by atoms with Crippen molar-refractivity contribution in [3.63, 3.8) is 0 Å². The van der Waals surface area contributed by atoms with Gasteiger partial charge in [-0.15, -0.1) is 13.2 Å². The predicted octanol–water partition coefficient (Wildman–Crippen LogP) is 4.27. The maximum Gasteiger partial charge on any atom is 0.573 e. The van der Waals surface area contributed by atoms with Crippen molar-refractivity contribution in [2.24, 2.45) is 0 Å². The van der Waals surface area contributed by atoms with E-state index in [4.69, 9.17) is 5.26 Å². The van der Waals surface area contributed by atoms with Gasteiger partial charge in [0.25, 0.3) is 0 Å². The normalized spacial score (nSPS) is 11.5. The van der Waals surface area contributed by atoms with Gasteiger partial charge in [-0.05, 0) is 17.7 Å². The van der Waals surface area contributed by atoms with Crippen molar-refractivity contribution in [2.45, 2.75) is 12.8 Å². The Labute approximate surface area is 104 Å². The van der Waals surface area contributed by atoms with Gasteiger partial charge in [0.2, 0.25) is 0 Å². The molecule has 0 fully saturated rings. The molecule has 0 aromatic heterocycles. The van der Waals surface area contributed by atoms with Crippen LogP contribution in [0.1, 0.15) is 12.0 Å². The van der Waals surface area contributed by atoms with Crippen LogP contribution < -0.4 is 4.74 Å². The van der Waals surface area contributed by atoms with E-state index in [1.165, 1.54) is 18.2 Å². The summed E-state index contributed by atoms with van der Waals surface area (Å²) in [5.41, 5.74) is 0.676. The first-order chi connectivity index (χ1) is 7.92. The first-order valence-electron chi connectivity index (χ1n) is 4.51. The maximum absolute atomic E-state index is 11.9. The second kappa shape index (κ2) is 5.73. The molecule has 0 unspecified atom stereocenters. The first kappa shape index (κ1) is 13.6. The summed E-state index contributed by atoms with van der Waals surface area (Å²) in [5, 5.41) is 8.33. The molecule has 2 nitrogen and oxygen atoms in total. The minimum Gasteiger partial charge on any atom is -0.406 e. The molecule has 0 atom stereocenters. The average Bonchev–Trinajstić information content (AvgIpc) is 2.19. The third kappa shape index (κ3) is 4.91. The molecule has 0 aliphatic rings. The number of hydrogen-bond acceptors (Lipinski definition) is 2. The molecule has 1 aromatic rings. The van der Waals surface area contributed by atoms with Crippen LogP contribution in [0.3, 0.4) is 0 Å². The Morgan fingerprint density at radius 2 is 2.12 bits per heavy atom. The molecule has 6 heteroatoms. The Morgan fingerprint density at radius 3 is 2.65 bits per heavy atom. The van der Waals surface area contributed by atoms with Gasteiger partial charge in [-0.3, -0.25) is 0 Å². The van der Waals surface area contributed by atoms with Gasteiger partial charge in [-0.1, -0.05) is 34.1 Å². The van der Waals surface area contributed by atoms with Crippen LogP contribution in [-0.4, -0.2) is 6.36 Å². The molecular formula is C11H7BrF3NO. The molecule has 90 valence electrons. The lowest BCUT2D eigenvalue weighted by Gasteiger charge is -2.09. The summed E-state index contributed by atoms with van der Waals surface area (Å²) in [4.78, 5) is 0. The molecule has 1 aromatic carbocycles. The van der Waals surface area contributed by atoms with Crippen molar-refractivity contribution < 1.29 is 17.9 Å². The lowest BCUT2D eigenvalue weighted by Crippen LogP contribution is -2.17. The van der Waals surface area contributed by atoms with Gasteiger partial charge in [0, 0.05) is 4.47 Å². The van der Waals surface area contributed by atoms with Gasteiger partial charge >= 0.3 is 6.36 Å². The molecular weight excluding hydrogens is 299 g/mol. The highest BCUT2D eigenvalue weighted by Gasteiger charge is 2.31. The van der Waals surface area contributed by atoms with Crippen molar-refractivity contribution in [2.75, 3.05) is 0 Å². The fourth-order valence-electron chi connectivity index (χ4n) is 1.08. The summed E-state index contributed by atoms with van der Waals surface area (Å²) < 4.78 is 40.0. The highest BCUT2D eigenvalue weighted by atomic mass is 79.9. The van der Waals surface area contributed by atoms with E-state index in [-0.39, 0.29) is 12.2 Å². The van der Waals surface area contributed by atoms with Gasteiger partial charge in [-0.25, -0.2) is 0 Å². The van der Waals surface area contributed by atoms with Crippen molar-refractivity contribution >= 4 is 22.0 Å². The second-order valence-corrected chi connectivity index (χ2v) is 3.85. The van der Waals surface area contributed by atoms with Gasteiger partial charge in [0.1, 0.15) is 5.75 Å². The molecule has 0 saturated heterocycles. The number of ether oxygens (including phenoxy) is 1. The number of nitrogens with zero attached hydrogens (tertiary/aromatic N) is 1. The number of halogens is 4. The smallest absolute Gasteiger partial charge is 0.406 e. The van der Waals surface area contributed by atoms with Crippen LogP contribution in [0, 0.1) is 11.3 Å². The van der Waals surface area contributed by atoms with Crippen LogP contribution in [0.2, 0.25) is 0 Å². The van der Waals surface area contributed by atoms with Crippen LogP contribution in [-0.2, 0) is 0 Å². The van der Waals surface area contributed by atoms with Gasteiger partial charge < -0.3 is 4.74 Å². The molecule has 0 N–H and O–H groups in total. The van der Waals surface area contributed by atoms with Gasteiger partial charge in [0.05, 0.1) is 12.5 Å². The van der Waals surface area contributed by atoms with E-state index >= 15 is 0 Å².